The number of hydrogen-bond acceptors (Lipinski definition) is 8. The first-order chi connectivity index (χ1) is 17.3. The van der Waals surface area contributed by atoms with Crippen molar-refractivity contribution in [1.29, 1.82) is 0 Å². The van der Waals surface area contributed by atoms with E-state index in [2.05, 4.69) is 19.7 Å². The normalized spacial score (nSPS) is 11.4. The van der Waals surface area contributed by atoms with Gasteiger partial charge in [0.15, 0.2) is 11.6 Å². The van der Waals surface area contributed by atoms with Crippen molar-refractivity contribution < 1.29 is 26.4 Å². The zero-order valence-electron chi connectivity index (χ0n) is 17.9. The van der Waals surface area contributed by atoms with Gasteiger partial charge in [-0.15, -0.1) is 11.3 Å². The summed E-state index contributed by atoms with van der Waals surface area (Å²) in [6.45, 7) is 0. The lowest BCUT2D eigenvalue weighted by atomic mass is 10.1. The van der Waals surface area contributed by atoms with Gasteiger partial charge in [-0.3, -0.25) is 4.72 Å². The molecule has 0 saturated heterocycles. The molecule has 5 rings (SSSR count). The number of anilines is 1. The number of ether oxygens (including phenoxy) is 1. The standard InChI is InChI=1S/C23H13ClF2N4O4S2/c24-15-7-20(36(31,32)30-22-11-35-12-28-22)16(25)8-19(15)34-18-3-2-17(13-1-4-21(26)27-9-13)29-23(18)14-5-6-33-10-14/h1-12,30H. The van der Waals surface area contributed by atoms with Crippen LogP contribution < -0.4 is 9.46 Å². The number of pyridine rings is 2. The molecular formula is C23H13ClF2N4O4S2. The van der Waals surface area contributed by atoms with E-state index >= 15 is 0 Å². The third-order valence-electron chi connectivity index (χ3n) is 4.84. The van der Waals surface area contributed by atoms with Crippen molar-refractivity contribution in [2.75, 3.05) is 4.72 Å². The molecule has 0 aliphatic heterocycles. The van der Waals surface area contributed by atoms with Crippen molar-refractivity contribution in [2.24, 2.45) is 0 Å². The molecule has 182 valence electrons. The Kier molecular flexibility index (Phi) is 6.39. The fraction of sp³-hybridized carbons (Fsp3) is 0. The summed E-state index contributed by atoms with van der Waals surface area (Å²) in [6, 6.07) is 9.37. The van der Waals surface area contributed by atoms with Crippen molar-refractivity contribution in [3.05, 3.63) is 88.9 Å². The molecule has 4 heterocycles. The maximum atomic E-state index is 14.9. The molecule has 8 nitrogen and oxygen atoms in total. The van der Waals surface area contributed by atoms with Crippen LogP contribution in [0.3, 0.4) is 0 Å². The fourth-order valence-corrected chi connectivity index (χ4v) is 5.10. The third-order valence-corrected chi connectivity index (χ3v) is 7.09. The SMILES string of the molecule is O=S(=O)(Nc1cscn1)c1cc(Cl)c(Oc2ccc(-c3ccc(F)nc3)nc2-c2ccoc2)cc1F. The fourth-order valence-electron chi connectivity index (χ4n) is 3.19. The summed E-state index contributed by atoms with van der Waals surface area (Å²) in [5.74, 6) is -1.60. The van der Waals surface area contributed by atoms with E-state index in [4.69, 9.17) is 20.8 Å². The predicted octanol–water partition coefficient (Wildman–Crippen LogP) is 6.38. The maximum absolute atomic E-state index is 14.9. The number of nitrogens with zero attached hydrogens (tertiary/aromatic N) is 3. The molecule has 0 aliphatic carbocycles. The lowest BCUT2D eigenvalue weighted by Gasteiger charge is -2.14. The lowest BCUT2D eigenvalue weighted by Crippen LogP contribution is -2.15. The highest BCUT2D eigenvalue weighted by molar-refractivity contribution is 7.92. The van der Waals surface area contributed by atoms with Crippen LogP contribution in [0.15, 0.2) is 81.4 Å². The first kappa shape index (κ1) is 23.9. The molecule has 13 heteroatoms. The topological polar surface area (TPSA) is 107 Å². The number of hydrogen-bond donors (Lipinski definition) is 1. The van der Waals surface area contributed by atoms with Crippen LogP contribution in [-0.2, 0) is 10.0 Å². The minimum Gasteiger partial charge on any atom is -0.472 e. The average molecular weight is 547 g/mol. The zero-order chi connectivity index (χ0) is 25.3. The average Bonchev–Trinajstić information content (AvgIpc) is 3.56. The summed E-state index contributed by atoms with van der Waals surface area (Å²) in [7, 11) is -4.29. The maximum Gasteiger partial charge on any atom is 0.266 e. The Bertz CT molecular complexity index is 1630. The first-order valence-electron chi connectivity index (χ1n) is 10.0. The van der Waals surface area contributed by atoms with Crippen LogP contribution in [-0.4, -0.2) is 23.4 Å². The molecule has 0 atom stereocenters. The Labute approximate surface area is 212 Å². The highest BCUT2D eigenvalue weighted by atomic mass is 35.5. The van der Waals surface area contributed by atoms with Gasteiger partial charge in [0, 0.05) is 28.8 Å². The monoisotopic (exact) mass is 546 g/mol. The van der Waals surface area contributed by atoms with Gasteiger partial charge in [0.1, 0.15) is 22.2 Å². The quantitative estimate of drug-likeness (QED) is 0.236. The number of sulfonamides is 1. The van der Waals surface area contributed by atoms with Crippen molar-refractivity contribution in [2.45, 2.75) is 4.90 Å². The second-order valence-electron chi connectivity index (χ2n) is 7.22. The van der Waals surface area contributed by atoms with Gasteiger partial charge in [0.25, 0.3) is 10.0 Å². The summed E-state index contributed by atoms with van der Waals surface area (Å²) in [6.07, 6.45) is 4.21. The minimum absolute atomic E-state index is 0.0584. The van der Waals surface area contributed by atoms with Crippen LogP contribution in [0.5, 0.6) is 11.5 Å². The van der Waals surface area contributed by atoms with Crippen LogP contribution in [0.1, 0.15) is 0 Å². The molecule has 0 amide bonds. The first-order valence-corrected chi connectivity index (χ1v) is 12.8. The minimum atomic E-state index is -4.29. The molecule has 0 unspecified atom stereocenters. The largest absolute Gasteiger partial charge is 0.472 e. The second-order valence-corrected chi connectivity index (χ2v) is 10.00. The molecular weight excluding hydrogens is 534 g/mol. The second kappa shape index (κ2) is 9.64. The van der Waals surface area contributed by atoms with Crippen molar-refractivity contribution in [1.82, 2.24) is 15.0 Å². The van der Waals surface area contributed by atoms with Crippen LogP contribution >= 0.6 is 22.9 Å². The molecule has 0 radical (unpaired) electrons. The molecule has 0 saturated carbocycles. The highest BCUT2D eigenvalue weighted by Gasteiger charge is 2.24. The molecule has 0 spiro atoms. The highest BCUT2D eigenvalue weighted by Crippen LogP contribution is 2.38. The molecule has 36 heavy (non-hydrogen) atoms. The van der Waals surface area contributed by atoms with Gasteiger partial charge in [-0.25, -0.2) is 27.8 Å². The Morgan fingerprint density at radius 3 is 2.58 bits per heavy atom. The number of furan rings is 1. The van der Waals surface area contributed by atoms with Gasteiger partial charge in [0.05, 0.1) is 28.8 Å². The number of nitrogens with one attached hydrogen (secondary N) is 1. The van der Waals surface area contributed by atoms with Crippen LogP contribution in [0.25, 0.3) is 22.5 Å². The van der Waals surface area contributed by atoms with E-state index in [1.165, 1.54) is 53.1 Å². The van der Waals surface area contributed by atoms with Crippen molar-refractivity contribution in [3.63, 3.8) is 0 Å². The number of benzene rings is 1. The lowest BCUT2D eigenvalue weighted by molar-refractivity contribution is 0.473. The van der Waals surface area contributed by atoms with E-state index in [-0.39, 0.29) is 22.3 Å². The van der Waals surface area contributed by atoms with E-state index in [0.717, 1.165) is 12.1 Å². The van der Waals surface area contributed by atoms with E-state index in [1.807, 2.05) is 0 Å². The van der Waals surface area contributed by atoms with E-state index in [0.29, 0.717) is 22.5 Å². The van der Waals surface area contributed by atoms with Gasteiger partial charge in [-0.1, -0.05) is 11.6 Å². The van der Waals surface area contributed by atoms with Crippen LogP contribution in [0, 0.1) is 11.8 Å². The number of aromatic nitrogens is 3. The van der Waals surface area contributed by atoms with Crippen molar-refractivity contribution >= 4 is 38.8 Å². The van der Waals surface area contributed by atoms with Gasteiger partial charge < -0.3 is 9.15 Å². The number of thiazole rings is 1. The van der Waals surface area contributed by atoms with E-state index < -0.39 is 26.7 Å². The molecule has 4 aromatic heterocycles. The van der Waals surface area contributed by atoms with Crippen LogP contribution in [0.4, 0.5) is 14.6 Å². The van der Waals surface area contributed by atoms with Crippen molar-refractivity contribution in [3.8, 4) is 34.0 Å². The van der Waals surface area contributed by atoms with Gasteiger partial charge >= 0.3 is 0 Å². The Hall–Kier alpha value is -3.87. The summed E-state index contributed by atoms with van der Waals surface area (Å²) in [4.78, 5) is 11.4. The Balaban J connectivity index is 1.50. The summed E-state index contributed by atoms with van der Waals surface area (Å²) in [5, 5.41) is 1.31. The van der Waals surface area contributed by atoms with E-state index in [9.17, 15) is 17.2 Å². The molecule has 0 bridgehead atoms. The third kappa shape index (κ3) is 4.91. The van der Waals surface area contributed by atoms with Gasteiger partial charge in [-0.2, -0.15) is 4.39 Å². The molecule has 0 aliphatic rings. The van der Waals surface area contributed by atoms with Gasteiger partial charge in [-0.05, 0) is 36.4 Å². The van der Waals surface area contributed by atoms with E-state index in [1.54, 1.807) is 18.2 Å². The predicted molar refractivity (Wildman–Crippen MR) is 130 cm³/mol. The molecule has 5 aromatic rings. The number of rotatable bonds is 7. The Morgan fingerprint density at radius 2 is 1.89 bits per heavy atom. The summed E-state index contributed by atoms with van der Waals surface area (Å²) < 4.78 is 66.5. The smallest absolute Gasteiger partial charge is 0.266 e. The molecule has 1 aromatic carbocycles. The molecule has 0 fully saturated rings. The summed E-state index contributed by atoms with van der Waals surface area (Å²) >= 11 is 7.45. The zero-order valence-corrected chi connectivity index (χ0v) is 20.2. The van der Waals surface area contributed by atoms with Gasteiger partial charge in [0.2, 0.25) is 5.95 Å². The summed E-state index contributed by atoms with van der Waals surface area (Å²) in [5.41, 5.74) is 3.33. The Morgan fingerprint density at radius 1 is 1.03 bits per heavy atom. The van der Waals surface area contributed by atoms with Crippen LogP contribution in [0.2, 0.25) is 5.02 Å². The number of halogens is 3. The molecule has 1 N–H and O–H groups in total.